The quantitative estimate of drug-likeness (QED) is 0.577. The Morgan fingerprint density at radius 2 is 1.88 bits per heavy atom. The van der Waals surface area contributed by atoms with Gasteiger partial charge in [0.15, 0.2) is 0 Å². The second-order valence-corrected chi connectivity index (χ2v) is 9.84. The molecular weight excluding hydrogens is 430 g/mol. The monoisotopic (exact) mass is 469 g/mol. The summed E-state index contributed by atoms with van der Waals surface area (Å²) >= 11 is 0. The zero-order valence-electron chi connectivity index (χ0n) is 20.9. The molecule has 1 N–H and O–H groups in total. The van der Waals surface area contributed by atoms with Gasteiger partial charge in [0.2, 0.25) is 5.91 Å². The standard InChI is InChI=1S/C27H39N3O4/c1-4-34-16-10-15-30-25(31)24-17-20-13-14-22(33-3)18-23(20)29(24)19-27(30,2)26(32)28-21-11-8-6-5-7-9-12-21/h13-14,17-18,21H,4-12,15-16,19H2,1-3H3,(H,28,32)/t27-/m0/s1. The number of nitrogens with one attached hydrogen (secondary N) is 1. The highest BCUT2D eigenvalue weighted by Crippen LogP contribution is 2.34. The Balaban J connectivity index is 1.65. The molecule has 4 rings (SSSR count). The van der Waals surface area contributed by atoms with Crippen LogP contribution in [0.4, 0.5) is 0 Å². The van der Waals surface area contributed by atoms with Crippen LogP contribution in [0.1, 0.15) is 75.7 Å². The molecule has 1 aliphatic carbocycles. The Hall–Kier alpha value is -2.54. The number of benzene rings is 1. The van der Waals surface area contributed by atoms with Crippen molar-refractivity contribution in [2.24, 2.45) is 0 Å². The number of amides is 2. The summed E-state index contributed by atoms with van der Waals surface area (Å²) in [6.07, 6.45) is 8.74. The highest BCUT2D eigenvalue weighted by Gasteiger charge is 2.47. The molecular formula is C27H39N3O4. The molecule has 1 atom stereocenters. The van der Waals surface area contributed by atoms with Crippen molar-refractivity contribution in [3.63, 3.8) is 0 Å². The summed E-state index contributed by atoms with van der Waals surface area (Å²) in [5.74, 6) is 0.576. The van der Waals surface area contributed by atoms with Gasteiger partial charge in [-0.15, -0.1) is 0 Å². The van der Waals surface area contributed by atoms with Gasteiger partial charge in [-0.3, -0.25) is 9.59 Å². The fraction of sp³-hybridized carbons (Fsp3) is 0.630. The van der Waals surface area contributed by atoms with Crippen LogP contribution in [0.5, 0.6) is 5.75 Å². The maximum absolute atomic E-state index is 13.8. The van der Waals surface area contributed by atoms with E-state index >= 15 is 0 Å². The van der Waals surface area contributed by atoms with E-state index in [0.717, 1.165) is 42.3 Å². The minimum Gasteiger partial charge on any atom is -0.497 e. The minimum absolute atomic E-state index is 0.0572. The maximum atomic E-state index is 13.8. The van der Waals surface area contributed by atoms with Crippen LogP contribution in [-0.4, -0.2) is 59.7 Å². The van der Waals surface area contributed by atoms with E-state index < -0.39 is 5.54 Å². The second kappa shape index (κ2) is 10.8. The summed E-state index contributed by atoms with van der Waals surface area (Å²) < 4.78 is 12.9. The van der Waals surface area contributed by atoms with E-state index in [1.165, 1.54) is 19.3 Å². The number of ether oxygens (including phenoxy) is 2. The number of fused-ring (bicyclic) bond motifs is 3. The molecule has 34 heavy (non-hydrogen) atoms. The van der Waals surface area contributed by atoms with Crippen LogP contribution in [0.2, 0.25) is 0 Å². The normalized spacial score (nSPS) is 21.7. The van der Waals surface area contributed by atoms with E-state index in [-0.39, 0.29) is 17.9 Å². The van der Waals surface area contributed by atoms with Gasteiger partial charge in [0.1, 0.15) is 17.0 Å². The number of aromatic nitrogens is 1. The molecule has 0 radical (unpaired) electrons. The van der Waals surface area contributed by atoms with E-state index in [1.807, 2.05) is 42.7 Å². The summed E-state index contributed by atoms with van der Waals surface area (Å²) in [5.41, 5.74) is 0.561. The lowest BCUT2D eigenvalue weighted by Crippen LogP contribution is -2.65. The Labute approximate surface area is 202 Å². The molecule has 1 fully saturated rings. The van der Waals surface area contributed by atoms with Crippen LogP contribution < -0.4 is 10.1 Å². The number of nitrogens with zero attached hydrogens (tertiary/aromatic N) is 2. The van der Waals surface area contributed by atoms with Gasteiger partial charge < -0.3 is 24.3 Å². The molecule has 186 valence electrons. The van der Waals surface area contributed by atoms with Crippen molar-refractivity contribution in [1.29, 1.82) is 0 Å². The van der Waals surface area contributed by atoms with Crippen LogP contribution in [-0.2, 0) is 16.1 Å². The van der Waals surface area contributed by atoms with Gasteiger partial charge in [0.05, 0.1) is 19.2 Å². The smallest absolute Gasteiger partial charge is 0.271 e. The first kappa shape index (κ1) is 24.6. The van der Waals surface area contributed by atoms with Crippen LogP contribution in [0.3, 0.4) is 0 Å². The average Bonchev–Trinajstić information content (AvgIpc) is 3.17. The zero-order valence-corrected chi connectivity index (χ0v) is 20.9. The van der Waals surface area contributed by atoms with Crippen LogP contribution in [0.25, 0.3) is 10.9 Å². The summed E-state index contributed by atoms with van der Waals surface area (Å²) in [5, 5.41) is 4.32. The first-order valence-corrected chi connectivity index (χ1v) is 12.9. The molecule has 2 amide bonds. The van der Waals surface area contributed by atoms with Crippen molar-refractivity contribution in [1.82, 2.24) is 14.8 Å². The Kier molecular flexibility index (Phi) is 7.81. The molecule has 0 unspecified atom stereocenters. The number of methoxy groups -OCH3 is 1. The number of hydrogen-bond acceptors (Lipinski definition) is 4. The highest BCUT2D eigenvalue weighted by atomic mass is 16.5. The molecule has 1 aromatic carbocycles. The summed E-state index contributed by atoms with van der Waals surface area (Å²) in [6.45, 7) is 5.99. The predicted molar refractivity (Wildman–Crippen MR) is 133 cm³/mol. The summed E-state index contributed by atoms with van der Waals surface area (Å²) in [4.78, 5) is 29.4. The lowest BCUT2D eigenvalue weighted by Gasteiger charge is -2.44. The third-order valence-corrected chi connectivity index (χ3v) is 7.44. The third-order valence-electron chi connectivity index (χ3n) is 7.44. The number of carbonyl (C=O) groups is 2. The van der Waals surface area contributed by atoms with Crippen LogP contribution >= 0.6 is 0 Å². The summed E-state index contributed by atoms with van der Waals surface area (Å²) in [7, 11) is 1.64. The van der Waals surface area contributed by atoms with E-state index in [4.69, 9.17) is 9.47 Å². The molecule has 1 saturated carbocycles. The first-order valence-electron chi connectivity index (χ1n) is 12.9. The van der Waals surface area contributed by atoms with E-state index in [9.17, 15) is 9.59 Å². The Morgan fingerprint density at radius 3 is 2.59 bits per heavy atom. The maximum Gasteiger partial charge on any atom is 0.271 e. The van der Waals surface area contributed by atoms with Gasteiger partial charge in [-0.25, -0.2) is 0 Å². The van der Waals surface area contributed by atoms with Crippen LogP contribution in [0, 0.1) is 0 Å². The largest absolute Gasteiger partial charge is 0.497 e. The first-order chi connectivity index (χ1) is 16.5. The molecule has 0 bridgehead atoms. The molecule has 7 nitrogen and oxygen atoms in total. The predicted octanol–water partition coefficient (Wildman–Crippen LogP) is 4.52. The van der Waals surface area contributed by atoms with Gasteiger partial charge in [0.25, 0.3) is 5.91 Å². The lowest BCUT2D eigenvalue weighted by atomic mass is 9.92. The molecule has 1 aromatic heterocycles. The van der Waals surface area contributed by atoms with Crippen LogP contribution in [0.15, 0.2) is 24.3 Å². The van der Waals surface area contributed by atoms with Crippen molar-refractivity contribution < 1.29 is 19.1 Å². The molecule has 2 aromatic rings. The van der Waals surface area contributed by atoms with Gasteiger partial charge in [-0.05, 0) is 51.3 Å². The van der Waals surface area contributed by atoms with Crippen molar-refractivity contribution >= 4 is 22.7 Å². The fourth-order valence-corrected chi connectivity index (χ4v) is 5.42. The minimum atomic E-state index is -0.978. The Morgan fingerprint density at radius 1 is 1.15 bits per heavy atom. The topological polar surface area (TPSA) is 72.8 Å². The summed E-state index contributed by atoms with van der Waals surface area (Å²) in [6, 6.07) is 7.92. The van der Waals surface area contributed by atoms with E-state index in [0.29, 0.717) is 38.4 Å². The lowest BCUT2D eigenvalue weighted by molar-refractivity contribution is -0.133. The van der Waals surface area contributed by atoms with Gasteiger partial charge in [0, 0.05) is 37.3 Å². The number of hydrogen-bond donors (Lipinski definition) is 1. The van der Waals surface area contributed by atoms with E-state index in [2.05, 4.69) is 5.32 Å². The molecule has 1 aliphatic heterocycles. The van der Waals surface area contributed by atoms with Crippen molar-refractivity contribution in [2.75, 3.05) is 26.9 Å². The van der Waals surface area contributed by atoms with Gasteiger partial charge in [-0.2, -0.15) is 0 Å². The second-order valence-electron chi connectivity index (χ2n) is 9.84. The number of rotatable bonds is 8. The molecule has 7 heteroatoms. The van der Waals surface area contributed by atoms with Crippen molar-refractivity contribution in [3.05, 3.63) is 30.0 Å². The molecule has 2 aliphatic rings. The third kappa shape index (κ3) is 4.95. The Bertz CT molecular complexity index is 1010. The van der Waals surface area contributed by atoms with E-state index in [1.54, 1.807) is 12.0 Å². The SMILES string of the molecule is CCOCCCN1C(=O)c2cc3ccc(OC)cc3n2C[C@@]1(C)C(=O)NC1CCCCCCC1. The van der Waals surface area contributed by atoms with Crippen molar-refractivity contribution in [2.45, 2.75) is 83.3 Å². The molecule has 2 heterocycles. The zero-order chi connectivity index (χ0) is 24.1. The van der Waals surface area contributed by atoms with Crippen molar-refractivity contribution in [3.8, 4) is 5.75 Å². The molecule has 0 spiro atoms. The molecule has 0 saturated heterocycles. The fourth-order valence-electron chi connectivity index (χ4n) is 5.42. The number of carbonyl (C=O) groups excluding carboxylic acids is 2. The highest BCUT2D eigenvalue weighted by molar-refractivity contribution is 6.03. The average molecular weight is 470 g/mol. The van der Waals surface area contributed by atoms with Gasteiger partial charge in [-0.1, -0.05) is 32.1 Å². The van der Waals surface area contributed by atoms with Gasteiger partial charge >= 0.3 is 0 Å².